The SMILES string of the molecule is CCCCOc1nc(N)c2c(n1)N(Cc1cc(Cl)cc(CN3CCCC3)c1)CC(=O)N2.CN1CCCC1. The summed E-state index contributed by atoms with van der Waals surface area (Å²) in [5.74, 6) is 0.622. The van der Waals surface area contributed by atoms with Crippen LogP contribution in [0.4, 0.5) is 17.3 Å². The van der Waals surface area contributed by atoms with E-state index >= 15 is 0 Å². The average Bonchev–Trinajstić information content (AvgIpc) is 3.54. The smallest absolute Gasteiger partial charge is 0.320 e. The molecule has 3 aliphatic heterocycles. The number of amides is 1. The van der Waals surface area contributed by atoms with Gasteiger partial charge in [-0.05, 0) is 88.6 Å². The van der Waals surface area contributed by atoms with Crippen molar-refractivity contribution >= 4 is 34.8 Å². The average molecular weight is 530 g/mol. The Labute approximate surface area is 225 Å². The maximum Gasteiger partial charge on any atom is 0.320 e. The summed E-state index contributed by atoms with van der Waals surface area (Å²) in [5.41, 5.74) is 8.73. The van der Waals surface area contributed by atoms with E-state index in [-0.39, 0.29) is 24.3 Å². The molecule has 0 spiro atoms. The molecular formula is C27H40ClN7O2. The summed E-state index contributed by atoms with van der Waals surface area (Å²) >= 11 is 6.42. The molecule has 0 saturated carbocycles. The van der Waals surface area contributed by atoms with E-state index in [0.717, 1.165) is 38.0 Å². The van der Waals surface area contributed by atoms with Crippen molar-refractivity contribution in [2.75, 3.05) is 62.3 Å². The Morgan fingerprint density at radius 1 is 1.03 bits per heavy atom. The lowest BCUT2D eigenvalue weighted by Crippen LogP contribution is -2.39. The standard InChI is InChI=1S/C22H29ClN6O2.C5H11N/c1-2-3-8-31-22-26-20(24)19-21(27-22)29(14-18(30)25-19)13-16-9-15(10-17(23)11-16)12-28-6-4-5-7-28;1-6-4-2-3-5-6/h9-11H,2-8,12-14H2,1H3,(H,25,30)(H2,24,26,27);2-5H2,1H3. The minimum Gasteiger partial charge on any atom is -0.463 e. The quantitative estimate of drug-likeness (QED) is 0.492. The summed E-state index contributed by atoms with van der Waals surface area (Å²) in [4.78, 5) is 27.7. The van der Waals surface area contributed by atoms with Crippen molar-refractivity contribution in [3.05, 3.63) is 34.3 Å². The molecule has 10 heteroatoms. The molecule has 0 unspecified atom stereocenters. The van der Waals surface area contributed by atoms with Gasteiger partial charge in [-0.2, -0.15) is 9.97 Å². The second-order valence-corrected chi connectivity index (χ2v) is 10.6. The first-order valence-electron chi connectivity index (χ1n) is 13.5. The predicted octanol–water partition coefficient (Wildman–Crippen LogP) is 4.16. The van der Waals surface area contributed by atoms with E-state index in [1.54, 1.807) is 0 Å². The summed E-state index contributed by atoms with van der Waals surface area (Å²) in [5, 5.41) is 3.48. The highest BCUT2D eigenvalue weighted by Crippen LogP contribution is 2.34. The molecule has 1 aromatic carbocycles. The number of halogens is 1. The van der Waals surface area contributed by atoms with Crippen LogP contribution in [0.2, 0.25) is 5.02 Å². The molecule has 5 rings (SSSR count). The van der Waals surface area contributed by atoms with Crippen LogP contribution >= 0.6 is 11.6 Å². The molecule has 3 aliphatic rings. The van der Waals surface area contributed by atoms with E-state index < -0.39 is 0 Å². The predicted molar refractivity (Wildman–Crippen MR) is 149 cm³/mol. The first kappa shape index (κ1) is 27.4. The number of anilines is 3. The molecule has 2 saturated heterocycles. The van der Waals surface area contributed by atoms with Gasteiger partial charge in [-0.25, -0.2) is 0 Å². The zero-order valence-electron chi connectivity index (χ0n) is 22.1. The van der Waals surface area contributed by atoms with Crippen molar-refractivity contribution in [2.24, 2.45) is 0 Å². The van der Waals surface area contributed by atoms with Gasteiger partial charge < -0.3 is 25.6 Å². The van der Waals surface area contributed by atoms with Crippen LogP contribution in [0.3, 0.4) is 0 Å². The molecule has 202 valence electrons. The number of unbranched alkanes of at least 4 members (excludes halogenated alkanes) is 1. The van der Waals surface area contributed by atoms with Crippen molar-refractivity contribution in [3.63, 3.8) is 0 Å². The van der Waals surface area contributed by atoms with E-state index in [0.29, 0.717) is 29.7 Å². The fourth-order valence-electron chi connectivity index (χ4n) is 4.92. The number of rotatable bonds is 8. The van der Waals surface area contributed by atoms with Gasteiger partial charge in [-0.3, -0.25) is 9.69 Å². The molecule has 9 nitrogen and oxygen atoms in total. The van der Waals surface area contributed by atoms with Crippen LogP contribution in [-0.2, 0) is 17.9 Å². The molecule has 0 aliphatic carbocycles. The number of nitrogen functional groups attached to an aromatic ring is 1. The molecule has 0 bridgehead atoms. The van der Waals surface area contributed by atoms with Crippen LogP contribution in [0.5, 0.6) is 6.01 Å². The lowest BCUT2D eigenvalue weighted by atomic mass is 10.1. The first-order chi connectivity index (χ1) is 17.9. The normalized spacial score (nSPS) is 17.8. The summed E-state index contributed by atoms with van der Waals surface area (Å²) < 4.78 is 5.66. The van der Waals surface area contributed by atoms with Gasteiger partial charge in [0, 0.05) is 18.1 Å². The zero-order chi connectivity index (χ0) is 26.2. The largest absolute Gasteiger partial charge is 0.463 e. The van der Waals surface area contributed by atoms with Crippen molar-refractivity contribution in [3.8, 4) is 6.01 Å². The Bertz CT molecular complexity index is 1060. The van der Waals surface area contributed by atoms with Crippen LogP contribution in [0.15, 0.2) is 18.2 Å². The van der Waals surface area contributed by atoms with Gasteiger partial charge in [0.2, 0.25) is 5.91 Å². The number of fused-ring (bicyclic) bond motifs is 1. The molecule has 1 aromatic heterocycles. The van der Waals surface area contributed by atoms with Crippen LogP contribution < -0.4 is 20.7 Å². The Hall–Kier alpha value is -2.62. The Morgan fingerprint density at radius 2 is 1.70 bits per heavy atom. The molecule has 4 heterocycles. The maximum absolute atomic E-state index is 12.3. The van der Waals surface area contributed by atoms with Crippen LogP contribution in [0.1, 0.15) is 56.6 Å². The Morgan fingerprint density at radius 3 is 2.35 bits per heavy atom. The minimum absolute atomic E-state index is 0.151. The fourth-order valence-corrected chi connectivity index (χ4v) is 5.20. The second-order valence-electron chi connectivity index (χ2n) is 10.2. The maximum atomic E-state index is 12.3. The summed E-state index contributed by atoms with van der Waals surface area (Å²) in [7, 11) is 2.17. The van der Waals surface area contributed by atoms with Crippen LogP contribution in [0, 0.1) is 0 Å². The van der Waals surface area contributed by atoms with Gasteiger partial charge >= 0.3 is 6.01 Å². The van der Waals surface area contributed by atoms with Gasteiger partial charge in [0.15, 0.2) is 11.6 Å². The number of hydrogen-bond acceptors (Lipinski definition) is 8. The monoisotopic (exact) mass is 529 g/mol. The molecule has 2 aromatic rings. The number of ether oxygens (including phenoxy) is 1. The zero-order valence-corrected chi connectivity index (χ0v) is 22.9. The number of likely N-dealkylation sites (tertiary alicyclic amines) is 2. The number of carbonyl (C=O) groups is 1. The topological polar surface area (TPSA) is 99.8 Å². The Kier molecular flexibility index (Phi) is 9.82. The Balaban J connectivity index is 0.000000469. The third-order valence-electron chi connectivity index (χ3n) is 6.85. The van der Waals surface area contributed by atoms with E-state index in [4.69, 9.17) is 22.1 Å². The number of benzene rings is 1. The van der Waals surface area contributed by atoms with E-state index in [9.17, 15) is 4.79 Å². The van der Waals surface area contributed by atoms with E-state index in [1.165, 1.54) is 44.3 Å². The van der Waals surface area contributed by atoms with E-state index in [1.807, 2.05) is 17.0 Å². The lowest BCUT2D eigenvalue weighted by Gasteiger charge is -2.30. The number of hydrogen-bond donors (Lipinski definition) is 2. The summed E-state index contributed by atoms with van der Waals surface area (Å²) in [6.07, 6.45) is 7.24. The highest BCUT2D eigenvalue weighted by atomic mass is 35.5. The lowest BCUT2D eigenvalue weighted by molar-refractivity contribution is -0.115. The van der Waals surface area contributed by atoms with Crippen LogP contribution in [-0.4, -0.2) is 72.1 Å². The number of carbonyl (C=O) groups excluding carboxylic acids is 1. The third kappa shape index (κ3) is 7.93. The number of nitrogens with two attached hydrogens (primary N) is 1. The highest BCUT2D eigenvalue weighted by Gasteiger charge is 2.27. The second kappa shape index (κ2) is 13.3. The number of nitrogens with one attached hydrogen (secondary N) is 1. The molecule has 1 amide bonds. The van der Waals surface area contributed by atoms with Crippen molar-refractivity contribution in [1.82, 2.24) is 19.8 Å². The van der Waals surface area contributed by atoms with Gasteiger partial charge in [-0.1, -0.05) is 31.0 Å². The van der Waals surface area contributed by atoms with E-state index in [2.05, 4.69) is 45.1 Å². The first-order valence-corrected chi connectivity index (χ1v) is 13.8. The van der Waals surface area contributed by atoms with Crippen LogP contribution in [0.25, 0.3) is 0 Å². The minimum atomic E-state index is -0.151. The van der Waals surface area contributed by atoms with Crippen molar-refractivity contribution in [2.45, 2.75) is 58.5 Å². The molecular weight excluding hydrogens is 490 g/mol. The fraction of sp³-hybridized carbons (Fsp3) is 0.593. The number of aromatic nitrogens is 2. The van der Waals surface area contributed by atoms with Gasteiger partial charge in [-0.15, -0.1) is 0 Å². The van der Waals surface area contributed by atoms with Gasteiger partial charge in [0.25, 0.3) is 0 Å². The van der Waals surface area contributed by atoms with Gasteiger partial charge in [0.1, 0.15) is 5.69 Å². The molecule has 0 radical (unpaired) electrons. The number of nitrogens with zero attached hydrogens (tertiary/aromatic N) is 5. The molecule has 0 atom stereocenters. The summed E-state index contributed by atoms with van der Waals surface area (Å²) in [6.45, 7) is 9.04. The summed E-state index contributed by atoms with van der Waals surface area (Å²) in [6, 6.07) is 6.33. The van der Waals surface area contributed by atoms with Crippen molar-refractivity contribution in [1.29, 1.82) is 0 Å². The highest BCUT2D eigenvalue weighted by molar-refractivity contribution is 6.30. The molecule has 3 N–H and O–H groups in total. The molecule has 37 heavy (non-hydrogen) atoms. The third-order valence-corrected chi connectivity index (χ3v) is 7.07. The molecule has 2 fully saturated rings. The van der Waals surface area contributed by atoms with Gasteiger partial charge in [0.05, 0.1) is 13.2 Å². The van der Waals surface area contributed by atoms with Crippen molar-refractivity contribution < 1.29 is 9.53 Å².